The van der Waals surface area contributed by atoms with Gasteiger partial charge >= 0.3 is 11.9 Å². The highest BCUT2D eigenvalue weighted by Crippen LogP contribution is 2.21. The van der Waals surface area contributed by atoms with Crippen LogP contribution in [0.4, 0.5) is 11.4 Å². The maximum atomic E-state index is 12.5. The highest BCUT2D eigenvalue weighted by atomic mass is 32.2. The Labute approximate surface area is 399 Å². The third-order valence-electron chi connectivity index (χ3n) is 10.8. The number of aliphatic carboxylic acids is 2. The average molecular weight is 959 g/mol. The minimum absolute atomic E-state index is 0.100. The molecular formula is C54H58N2O10S2. The Morgan fingerprint density at radius 2 is 0.794 bits per heavy atom. The van der Waals surface area contributed by atoms with Crippen molar-refractivity contribution in [3.63, 3.8) is 0 Å². The first-order chi connectivity index (χ1) is 32.7. The fourth-order valence-corrected chi connectivity index (χ4v) is 9.39. The number of carboxylic acids is 2. The van der Waals surface area contributed by atoms with Gasteiger partial charge in [-0.2, -0.15) is 0 Å². The normalized spacial score (nSPS) is 12.5. The Balaban J connectivity index is 0.000000254. The van der Waals surface area contributed by atoms with E-state index in [-0.39, 0.29) is 22.6 Å². The zero-order valence-corrected chi connectivity index (χ0v) is 39.2. The number of aryl methyl sites for hydroxylation is 4. The summed E-state index contributed by atoms with van der Waals surface area (Å²) in [5.74, 6) is -1.63. The second-order valence-electron chi connectivity index (χ2n) is 16.1. The molecule has 0 saturated carbocycles. The Bertz CT molecular complexity index is 2640. The molecule has 68 heavy (non-hydrogen) atoms. The molecule has 2 atom stereocenters. The number of benzene rings is 6. The van der Waals surface area contributed by atoms with E-state index in [9.17, 15) is 36.6 Å². The van der Waals surface area contributed by atoms with Crippen LogP contribution >= 0.6 is 0 Å². The number of hydrogen-bond acceptors (Lipinski definition) is 8. The van der Waals surface area contributed by atoms with E-state index in [1.807, 2.05) is 60.7 Å². The summed E-state index contributed by atoms with van der Waals surface area (Å²) >= 11 is 0. The van der Waals surface area contributed by atoms with E-state index in [4.69, 9.17) is 10.2 Å². The molecule has 6 aromatic carbocycles. The van der Waals surface area contributed by atoms with Gasteiger partial charge in [0.15, 0.2) is 0 Å². The number of rotatable bonds is 24. The molecule has 0 aromatic heterocycles. The molecule has 0 unspecified atom stereocenters. The molecule has 356 valence electrons. The lowest BCUT2D eigenvalue weighted by atomic mass is 9.97. The van der Waals surface area contributed by atoms with Gasteiger partial charge in [0, 0.05) is 24.2 Å². The van der Waals surface area contributed by atoms with E-state index in [0.29, 0.717) is 37.1 Å². The SMILES string of the molecule is O=C(O)CCc1ccccc1CCC[C@@H](O)/C=C/c1cccc(NS(=O)(=O)c2ccccc2)c1.O=C(O)CCc1ccccc1CCC[C@H](O)/C=C/c1cccc(NS(=O)(=O)c2ccccc2)c1. The number of aliphatic hydroxyl groups is 2. The first-order valence-corrected chi connectivity index (χ1v) is 25.3. The van der Waals surface area contributed by atoms with Gasteiger partial charge in [0.05, 0.1) is 22.0 Å². The summed E-state index contributed by atoms with van der Waals surface area (Å²) in [4.78, 5) is 22.1. The van der Waals surface area contributed by atoms with E-state index in [0.717, 1.165) is 59.1 Å². The molecule has 0 spiro atoms. The van der Waals surface area contributed by atoms with Gasteiger partial charge in [-0.25, -0.2) is 16.8 Å². The molecule has 0 amide bonds. The summed E-state index contributed by atoms with van der Waals surface area (Å²) in [5, 5.41) is 38.6. The molecule has 6 N–H and O–H groups in total. The molecule has 6 rings (SSSR count). The standard InChI is InChI=1S/2C27H29NO5S/c2*29-25(13-7-11-22-9-4-5-10-23(22)17-19-27(30)31)18-16-21-8-6-12-24(20-21)28-34(32,33)26-14-2-1-3-15-26/h2*1-6,8-10,12,14-16,18,20,25,28-29H,7,11,13,17,19H2,(H,30,31)/b2*18-16+/t2*25-/m10/s1. The van der Waals surface area contributed by atoms with Crippen LogP contribution in [0.1, 0.15) is 71.9 Å². The molecule has 12 nitrogen and oxygen atoms in total. The van der Waals surface area contributed by atoms with Crippen LogP contribution in [-0.2, 0) is 55.3 Å². The predicted molar refractivity (Wildman–Crippen MR) is 268 cm³/mol. The molecule has 0 saturated heterocycles. The number of hydrogen-bond donors (Lipinski definition) is 6. The van der Waals surface area contributed by atoms with Gasteiger partial charge in [0.2, 0.25) is 0 Å². The minimum atomic E-state index is -3.67. The smallest absolute Gasteiger partial charge is 0.303 e. The number of aliphatic hydroxyl groups excluding tert-OH is 2. The lowest BCUT2D eigenvalue weighted by molar-refractivity contribution is -0.138. The van der Waals surface area contributed by atoms with Crippen molar-refractivity contribution in [1.82, 2.24) is 0 Å². The Hall–Kier alpha value is -6.84. The van der Waals surface area contributed by atoms with E-state index >= 15 is 0 Å². The Morgan fingerprint density at radius 1 is 0.456 bits per heavy atom. The van der Waals surface area contributed by atoms with Crippen molar-refractivity contribution >= 4 is 55.5 Å². The quantitative estimate of drug-likeness (QED) is 0.0338. The van der Waals surface area contributed by atoms with Crippen molar-refractivity contribution in [3.8, 4) is 0 Å². The van der Waals surface area contributed by atoms with Crippen molar-refractivity contribution < 1.29 is 46.9 Å². The second kappa shape index (κ2) is 26.5. The summed E-state index contributed by atoms with van der Waals surface area (Å²) < 4.78 is 55.2. The number of sulfonamides is 2. The van der Waals surface area contributed by atoms with Gasteiger partial charge in [-0.15, -0.1) is 0 Å². The zero-order valence-electron chi connectivity index (χ0n) is 37.6. The lowest BCUT2D eigenvalue weighted by Crippen LogP contribution is -2.12. The summed E-state index contributed by atoms with van der Waals surface area (Å²) in [7, 11) is -7.34. The van der Waals surface area contributed by atoms with Crippen LogP contribution in [0.2, 0.25) is 0 Å². The van der Waals surface area contributed by atoms with Crippen LogP contribution in [0.25, 0.3) is 12.2 Å². The van der Waals surface area contributed by atoms with E-state index in [1.165, 1.54) is 24.3 Å². The molecule has 0 fully saturated rings. The minimum Gasteiger partial charge on any atom is -0.481 e. The molecule has 0 heterocycles. The van der Waals surface area contributed by atoms with Gasteiger partial charge in [0.25, 0.3) is 20.0 Å². The van der Waals surface area contributed by atoms with Crippen LogP contribution in [0.3, 0.4) is 0 Å². The fourth-order valence-electron chi connectivity index (χ4n) is 7.25. The summed E-state index contributed by atoms with van der Waals surface area (Å²) in [6.07, 6.45) is 11.0. The highest BCUT2D eigenvalue weighted by molar-refractivity contribution is 7.93. The number of nitrogens with one attached hydrogen (secondary N) is 2. The first kappa shape index (κ1) is 52.1. The zero-order chi connectivity index (χ0) is 48.8. The summed E-state index contributed by atoms with van der Waals surface area (Å²) in [6.45, 7) is 0. The van der Waals surface area contributed by atoms with Gasteiger partial charge in [0.1, 0.15) is 0 Å². The van der Waals surface area contributed by atoms with Gasteiger partial charge in [-0.3, -0.25) is 19.0 Å². The first-order valence-electron chi connectivity index (χ1n) is 22.3. The maximum Gasteiger partial charge on any atom is 0.303 e. The largest absolute Gasteiger partial charge is 0.481 e. The van der Waals surface area contributed by atoms with E-state index in [2.05, 4.69) is 9.44 Å². The second-order valence-corrected chi connectivity index (χ2v) is 19.4. The summed E-state index contributed by atoms with van der Waals surface area (Å²) in [5.41, 5.74) is 6.71. The summed E-state index contributed by atoms with van der Waals surface area (Å²) in [6, 6.07) is 45.9. The van der Waals surface area contributed by atoms with E-state index in [1.54, 1.807) is 97.1 Å². The molecular weight excluding hydrogens is 901 g/mol. The molecule has 6 aromatic rings. The van der Waals surface area contributed by atoms with Crippen molar-refractivity contribution in [2.75, 3.05) is 9.44 Å². The van der Waals surface area contributed by atoms with Gasteiger partial charge in [-0.1, -0.05) is 133 Å². The number of anilines is 2. The third-order valence-corrected chi connectivity index (χ3v) is 13.5. The monoisotopic (exact) mass is 958 g/mol. The Morgan fingerprint density at radius 3 is 1.15 bits per heavy atom. The molecule has 0 aliphatic rings. The van der Waals surface area contributed by atoms with Crippen LogP contribution in [-0.4, -0.2) is 61.4 Å². The molecule has 0 radical (unpaired) electrons. The fraction of sp³-hybridized carbons (Fsp3) is 0.222. The molecule has 14 heteroatoms. The van der Waals surface area contributed by atoms with Crippen molar-refractivity contribution in [2.24, 2.45) is 0 Å². The predicted octanol–water partition coefficient (Wildman–Crippen LogP) is 9.80. The van der Waals surface area contributed by atoms with Crippen molar-refractivity contribution in [3.05, 3.63) is 203 Å². The van der Waals surface area contributed by atoms with Crippen LogP contribution < -0.4 is 9.44 Å². The molecule has 0 aliphatic carbocycles. The van der Waals surface area contributed by atoms with E-state index < -0.39 is 44.2 Å². The topological polar surface area (TPSA) is 207 Å². The van der Waals surface area contributed by atoms with Gasteiger partial charge in [-0.05, 0) is 133 Å². The van der Waals surface area contributed by atoms with Crippen molar-refractivity contribution in [1.29, 1.82) is 0 Å². The maximum absolute atomic E-state index is 12.5. The highest BCUT2D eigenvalue weighted by Gasteiger charge is 2.15. The van der Waals surface area contributed by atoms with Gasteiger partial charge < -0.3 is 20.4 Å². The number of carboxylic acid groups (broad SMARTS) is 2. The van der Waals surface area contributed by atoms with Crippen LogP contribution in [0, 0.1) is 0 Å². The molecule has 0 aliphatic heterocycles. The third kappa shape index (κ3) is 18.1. The lowest BCUT2D eigenvalue weighted by Gasteiger charge is -2.10. The average Bonchev–Trinajstić information content (AvgIpc) is 3.33. The Kier molecular flexibility index (Phi) is 20.3. The number of carbonyl (C=O) groups is 2. The van der Waals surface area contributed by atoms with Crippen LogP contribution in [0.5, 0.6) is 0 Å². The van der Waals surface area contributed by atoms with Crippen molar-refractivity contribution in [2.45, 2.75) is 86.2 Å². The molecule has 0 bridgehead atoms. The van der Waals surface area contributed by atoms with Crippen LogP contribution in [0.15, 0.2) is 180 Å².